The number of nitrogens with zero attached hydrogens (tertiary/aromatic N) is 2. The van der Waals surface area contributed by atoms with E-state index in [1.54, 1.807) is 29.2 Å². The zero-order chi connectivity index (χ0) is 15.8. The Hall–Kier alpha value is -2.51. The molecular weight excluding hydrogens is 298 g/mol. The lowest BCUT2D eigenvalue weighted by molar-refractivity contribution is 0.210. The molecule has 0 atom stereocenters. The van der Waals surface area contributed by atoms with Crippen LogP contribution in [0.5, 0.6) is 0 Å². The molecule has 5 heteroatoms. The number of urea groups is 1. The summed E-state index contributed by atoms with van der Waals surface area (Å²) in [6, 6.07) is 18.5. The highest BCUT2D eigenvalue weighted by Crippen LogP contribution is 2.16. The van der Waals surface area contributed by atoms with Crippen molar-refractivity contribution in [1.29, 1.82) is 5.26 Å². The van der Waals surface area contributed by atoms with Gasteiger partial charge in [0.1, 0.15) is 0 Å². The van der Waals surface area contributed by atoms with Gasteiger partial charge in [0.2, 0.25) is 0 Å². The van der Waals surface area contributed by atoms with Crippen LogP contribution in [0.3, 0.4) is 0 Å². The minimum absolute atomic E-state index is 0.249. The third-order valence-corrected chi connectivity index (χ3v) is 3.31. The first-order chi connectivity index (χ1) is 10.7. The standard InChI is InChI=1S/C17H16ClN3O/c18-15-8-4-9-16(12-15)20-17(22)21(11-5-10-19)13-14-6-2-1-3-7-14/h1-4,6-9,12H,5,11,13H2,(H,20,22). The maximum atomic E-state index is 12.4. The third-order valence-electron chi connectivity index (χ3n) is 3.07. The first kappa shape index (κ1) is 15.9. The van der Waals surface area contributed by atoms with Gasteiger partial charge in [-0.1, -0.05) is 48.0 Å². The number of carbonyl (C=O) groups is 1. The van der Waals surface area contributed by atoms with Crippen LogP contribution in [-0.2, 0) is 6.54 Å². The van der Waals surface area contributed by atoms with E-state index in [9.17, 15) is 4.79 Å². The SMILES string of the molecule is N#CCCN(Cc1ccccc1)C(=O)Nc1cccc(Cl)c1. The molecule has 2 amide bonds. The summed E-state index contributed by atoms with van der Waals surface area (Å²) in [5, 5.41) is 12.1. The second-order valence-electron chi connectivity index (χ2n) is 4.76. The maximum Gasteiger partial charge on any atom is 0.322 e. The fraction of sp³-hybridized carbons (Fsp3) is 0.176. The van der Waals surface area contributed by atoms with Gasteiger partial charge in [-0.2, -0.15) is 5.26 Å². The van der Waals surface area contributed by atoms with Crippen molar-refractivity contribution in [3.63, 3.8) is 0 Å². The predicted octanol–water partition coefficient (Wildman–Crippen LogP) is 4.29. The van der Waals surface area contributed by atoms with Crippen molar-refractivity contribution >= 4 is 23.3 Å². The Balaban J connectivity index is 2.07. The van der Waals surface area contributed by atoms with Crippen molar-refractivity contribution in [2.45, 2.75) is 13.0 Å². The fourth-order valence-corrected chi connectivity index (χ4v) is 2.20. The predicted molar refractivity (Wildman–Crippen MR) is 87.6 cm³/mol. The summed E-state index contributed by atoms with van der Waals surface area (Å²) < 4.78 is 0. The zero-order valence-electron chi connectivity index (χ0n) is 12.0. The lowest BCUT2D eigenvalue weighted by Gasteiger charge is -2.22. The molecule has 0 fully saturated rings. The smallest absolute Gasteiger partial charge is 0.319 e. The first-order valence-electron chi connectivity index (χ1n) is 6.91. The van der Waals surface area contributed by atoms with Crippen molar-refractivity contribution in [2.24, 2.45) is 0 Å². The van der Waals surface area contributed by atoms with Gasteiger partial charge in [0.05, 0.1) is 12.5 Å². The number of nitriles is 1. The number of hydrogen-bond acceptors (Lipinski definition) is 2. The Morgan fingerprint density at radius 3 is 2.64 bits per heavy atom. The molecule has 0 saturated heterocycles. The molecule has 2 rings (SSSR count). The molecule has 0 aliphatic carbocycles. The van der Waals surface area contributed by atoms with Crippen LogP contribution in [0.2, 0.25) is 5.02 Å². The Labute approximate surface area is 134 Å². The molecule has 22 heavy (non-hydrogen) atoms. The summed E-state index contributed by atoms with van der Waals surface area (Å²) in [7, 11) is 0. The largest absolute Gasteiger partial charge is 0.322 e. The van der Waals surface area contributed by atoms with Crippen LogP contribution in [0.1, 0.15) is 12.0 Å². The van der Waals surface area contributed by atoms with E-state index in [1.165, 1.54) is 0 Å². The molecule has 0 unspecified atom stereocenters. The second kappa shape index (κ2) is 8.06. The normalized spacial score (nSPS) is 9.82. The quantitative estimate of drug-likeness (QED) is 0.895. The summed E-state index contributed by atoms with van der Waals surface area (Å²) in [6.45, 7) is 0.826. The molecule has 112 valence electrons. The van der Waals surface area contributed by atoms with E-state index < -0.39 is 0 Å². The number of benzene rings is 2. The van der Waals surface area contributed by atoms with Gasteiger partial charge in [-0.3, -0.25) is 0 Å². The Morgan fingerprint density at radius 2 is 1.95 bits per heavy atom. The molecule has 0 aliphatic rings. The van der Waals surface area contributed by atoms with Gasteiger partial charge >= 0.3 is 6.03 Å². The molecular formula is C17H16ClN3O. The van der Waals surface area contributed by atoms with Crippen LogP contribution in [-0.4, -0.2) is 17.5 Å². The maximum absolute atomic E-state index is 12.4. The van der Waals surface area contributed by atoms with Crippen LogP contribution in [0.4, 0.5) is 10.5 Å². The number of rotatable bonds is 5. The van der Waals surface area contributed by atoms with Crippen LogP contribution < -0.4 is 5.32 Å². The number of nitrogens with one attached hydrogen (secondary N) is 1. The lowest BCUT2D eigenvalue weighted by Crippen LogP contribution is -2.35. The van der Waals surface area contributed by atoms with Crippen LogP contribution in [0.25, 0.3) is 0 Å². The van der Waals surface area contributed by atoms with Gasteiger partial charge in [0.15, 0.2) is 0 Å². The zero-order valence-corrected chi connectivity index (χ0v) is 12.8. The molecule has 0 heterocycles. The molecule has 0 radical (unpaired) electrons. The third kappa shape index (κ3) is 4.80. The molecule has 0 saturated carbocycles. The summed E-state index contributed by atoms with van der Waals surface area (Å²) in [5.41, 5.74) is 1.65. The van der Waals surface area contributed by atoms with E-state index in [2.05, 4.69) is 11.4 Å². The molecule has 0 bridgehead atoms. The minimum atomic E-state index is -0.249. The second-order valence-corrected chi connectivity index (χ2v) is 5.19. The van der Waals surface area contributed by atoms with Gasteiger partial charge in [-0.25, -0.2) is 4.79 Å². The number of hydrogen-bond donors (Lipinski definition) is 1. The topological polar surface area (TPSA) is 56.1 Å². The number of halogens is 1. The van der Waals surface area contributed by atoms with Crippen LogP contribution in [0, 0.1) is 11.3 Å². The van der Waals surface area contributed by atoms with Gasteiger partial charge < -0.3 is 10.2 Å². The summed E-state index contributed by atoms with van der Waals surface area (Å²) in [6.07, 6.45) is 0.287. The van der Waals surface area contributed by atoms with E-state index in [-0.39, 0.29) is 12.5 Å². The Morgan fingerprint density at radius 1 is 1.18 bits per heavy atom. The van der Waals surface area contributed by atoms with Crippen LogP contribution in [0.15, 0.2) is 54.6 Å². The van der Waals surface area contributed by atoms with Crippen molar-refractivity contribution in [3.05, 3.63) is 65.2 Å². The van der Waals surface area contributed by atoms with Crippen LogP contribution >= 0.6 is 11.6 Å². The highest BCUT2D eigenvalue weighted by Gasteiger charge is 2.14. The fourth-order valence-electron chi connectivity index (χ4n) is 2.01. The van der Waals surface area contributed by atoms with Gasteiger partial charge in [-0.15, -0.1) is 0 Å². The van der Waals surface area contributed by atoms with Crippen molar-refractivity contribution in [2.75, 3.05) is 11.9 Å². The number of anilines is 1. The highest BCUT2D eigenvalue weighted by atomic mass is 35.5. The lowest BCUT2D eigenvalue weighted by atomic mass is 10.2. The Bertz CT molecular complexity index is 667. The number of amides is 2. The van der Waals surface area contributed by atoms with E-state index in [4.69, 9.17) is 16.9 Å². The molecule has 0 aromatic heterocycles. The van der Waals surface area contributed by atoms with Gasteiger partial charge in [0.25, 0.3) is 0 Å². The van der Waals surface area contributed by atoms with E-state index >= 15 is 0 Å². The molecule has 0 aliphatic heterocycles. The van der Waals surface area contributed by atoms with E-state index in [0.717, 1.165) is 5.56 Å². The van der Waals surface area contributed by atoms with Gasteiger partial charge in [-0.05, 0) is 23.8 Å². The van der Waals surface area contributed by atoms with E-state index in [0.29, 0.717) is 23.8 Å². The summed E-state index contributed by atoms with van der Waals surface area (Å²) in [4.78, 5) is 14.0. The summed E-state index contributed by atoms with van der Waals surface area (Å²) in [5.74, 6) is 0. The van der Waals surface area contributed by atoms with E-state index in [1.807, 2.05) is 30.3 Å². The Kier molecular flexibility index (Phi) is 5.81. The van der Waals surface area contributed by atoms with Crippen molar-refractivity contribution in [1.82, 2.24) is 4.90 Å². The molecule has 2 aromatic carbocycles. The average molecular weight is 314 g/mol. The number of carbonyl (C=O) groups excluding carboxylic acids is 1. The first-order valence-corrected chi connectivity index (χ1v) is 7.29. The minimum Gasteiger partial charge on any atom is -0.319 e. The molecule has 2 aromatic rings. The van der Waals surface area contributed by atoms with Gasteiger partial charge in [0, 0.05) is 23.8 Å². The average Bonchev–Trinajstić information content (AvgIpc) is 2.52. The summed E-state index contributed by atoms with van der Waals surface area (Å²) >= 11 is 5.91. The molecule has 0 spiro atoms. The highest BCUT2D eigenvalue weighted by molar-refractivity contribution is 6.30. The monoisotopic (exact) mass is 313 g/mol. The van der Waals surface area contributed by atoms with Crippen molar-refractivity contribution in [3.8, 4) is 6.07 Å². The van der Waals surface area contributed by atoms with Crippen molar-refractivity contribution < 1.29 is 4.79 Å². The molecule has 4 nitrogen and oxygen atoms in total. The molecule has 1 N–H and O–H groups in total.